The summed E-state index contributed by atoms with van der Waals surface area (Å²) in [5, 5.41) is 4.25. The van der Waals surface area contributed by atoms with Crippen LogP contribution >= 0.6 is 0 Å². The van der Waals surface area contributed by atoms with E-state index in [0.29, 0.717) is 29.4 Å². The number of hydrogen-bond acceptors (Lipinski definition) is 6. The van der Waals surface area contributed by atoms with Crippen molar-refractivity contribution in [1.82, 2.24) is 34.3 Å². The van der Waals surface area contributed by atoms with Crippen molar-refractivity contribution in [3.63, 3.8) is 0 Å². The molecule has 20 heavy (non-hydrogen) atoms. The molecule has 0 aliphatic heterocycles. The third-order valence-corrected chi connectivity index (χ3v) is 2.98. The van der Waals surface area contributed by atoms with Crippen molar-refractivity contribution < 1.29 is 0 Å². The number of nitrogens with zero attached hydrogens (tertiary/aromatic N) is 7. The molecule has 0 spiro atoms. The maximum absolute atomic E-state index is 5.78. The Bertz CT molecular complexity index is 726. The third kappa shape index (κ3) is 2.20. The molecule has 0 aliphatic rings. The molecule has 0 saturated carbocycles. The maximum atomic E-state index is 5.78. The van der Waals surface area contributed by atoms with Crippen molar-refractivity contribution in [3.8, 4) is 0 Å². The zero-order valence-corrected chi connectivity index (χ0v) is 11.4. The van der Waals surface area contributed by atoms with E-state index in [-0.39, 0.29) is 0 Å². The molecule has 0 amide bonds. The fraction of sp³-hybridized carbons (Fsp3) is 0.417. The van der Waals surface area contributed by atoms with E-state index in [4.69, 9.17) is 5.73 Å². The van der Waals surface area contributed by atoms with Gasteiger partial charge in [0.15, 0.2) is 11.5 Å². The molecule has 0 aliphatic carbocycles. The number of aromatic nitrogens is 7. The lowest BCUT2D eigenvalue weighted by atomic mass is 10.2. The monoisotopic (exact) mass is 272 g/mol. The highest BCUT2D eigenvalue weighted by atomic mass is 15.3. The van der Waals surface area contributed by atoms with Gasteiger partial charge in [0.25, 0.3) is 0 Å². The molecule has 0 aromatic carbocycles. The molecule has 2 N–H and O–H groups in total. The number of fused-ring (bicyclic) bond motifs is 1. The second-order valence-corrected chi connectivity index (χ2v) is 5.06. The summed E-state index contributed by atoms with van der Waals surface area (Å²) in [5.74, 6) is 1.76. The molecule has 0 unspecified atom stereocenters. The highest BCUT2D eigenvalue weighted by molar-refractivity contribution is 5.81. The van der Waals surface area contributed by atoms with E-state index in [0.717, 1.165) is 12.4 Å². The fourth-order valence-electron chi connectivity index (χ4n) is 2.08. The molecule has 3 rings (SSSR count). The number of nitrogens with two attached hydrogens (primary N) is 1. The minimum atomic E-state index is 0.386. The molecule has 3 heterocycles. The topological polar surface area (TPSA) is 100 Å². The van der Waals surface area contributed by atoms with Crippen LogP contribution in [-0.2, 0) is 13.1 Å². The predicted octanol–water partition coefficient (Wildman–Crippen LogP) is 0.704. The summed E-state index contributed by atoms with van der Waals surface area (Å²) < 4.78 is 3.80. The van der Waals surface area contributed by atoms with Crippen molar-refractivity contribution in [3.05, 3.63) is 24.8 Å². The number of imidazole rings is 1. The van der Waals surface area contributed by atoms with Crippen LogP contribution in [0.15, 0.2) is 19.0 Å². The van der Waals surface area contributed by atoms with Crippen molar-refractivity contribution in [1.29, 1.82) is 0 Å². The Morgan fingerprint density at radius 2 is 2.00 bits per heavy atom. The van der Waals surface area contributed by atoms with Gasteiger partial charge < -0.3 is 10.3 Å². The average molecular weight is 272 g/mol. The molecule has 104 valence electrons. The lowest BCUT2D eigenvalue weighted by Crippen LogP contribution is -2.13. The molecule has 0 radical (unpaired) electrons. The molecule has 8 nitrogen and oxygen atoms in total. The first-order valence-electron chi connectivity index (χ1n) is 6.43. The molecule has 0 bridgehead atoms. The Morgan fingerprint density at radius 1 is 1.15 bits per heavy atom. The van der Waals surface area contributed by atoms with Gasteiger partial charge in [0.05, 0.1) is 12.9 Å². The van der Waals surface area contributed by atoms with Crippen LogP contribution in [0.4, 0.5) is 5.82 Å². The molecular formula is C12H16N8. The van der Waals surface area contributed by atoms with Crippen molar-refractivity contribution in [2.75, 3.05) is 5.73 Å². The van der Waals surface area contributed by atoms with Gasteiger partial charge >= 0.3 is 0 Å². The van der Waals surface area contributed by atoms with Gasteiger partial charge in [-0.15, -0.1) is 0 Å². The quantitative estimate of drug-likeness (QED) is 0.750. The molecule has 8 heteroatoms. The summed E-state index contributed by atoms with van der Waals surface area (Å²) in [6.45, 7) is 5.68. The summed E-state index contributed by atoms with van der Waals surface area (Å²) in [6, 6.07) is 0. The van der Waals surface area contributed by atoms with Crippen LogP contribution in [0.3, 0.4) is 0 Å². The largest absolute Gasteiger partial charge is 0.382 e. The Morgan fingerprint density at radius 3 is 2.80 bits per heavy atom. The van der Waals surface area contributed by atoms with Gasteiger partial charge in [0.2, 0.25) is 0 Å². The van der Waals surface area contributed by atoms with Gasteiger partial charge in [0.1, 0.15) is 24.0 Å². The molecule has 0 fully saturated rings. The minimum absolute atomic E-state index is 0.386. The van der Waals surface area contributed by atoms with Crippen molar-refractivity contribution in [2.45, 2.75) is 26.9 Å². The van der Waals surface area contributed by atoms with Gasteiger partial charge in [-0.3, -0.25) is 0 Å². The second-order valence-electron chi connectivity index (χ2n) is 5.06. The highest BCUT2D eigenvalue weighted by Crippen LogP contribution is 2.15. The molecule has 0 saturated heterocycles. The van der Waals surface area contributed by atoms with Gasteiger partial charge in [-0.25, -0.2) is 24.6 Å². The summed E-state index contributed by atoms with van der Waals surface area (Å²) in [5.41, 5.74) is 7.10. The fourth-order valence-corrected chi connectivity index (χ4v) is 2.08. The Kier molecular flexibility index (Phi) is 3.05. The van der Waals surface area contributed by atoms with E-state index in [1.807, 2.05) is 9.25 Å². The van der Waals surface area contributed by atoms with E-state index in [1.165, 1.54) is 6.33 Å². The van der Waals surface area contributed by atoms with Gasteiger partial charge in [-0.1, -0.05) is 13.8 Å². The highest BCUT2D eigenvalue weighted by Gasteiger charge is 2.11. The number of rotatable bonds is 4. The van der Waals surface area contributed by atoms with E-state index >= 15 is 0 Å². The average Bonchev–Trinajstić information content (AvgIpc) is 2.99. The zero-order chi connectivity index (χ0) is 14.1. The first-order chi connectivity index (χ1) is 9.65. The number of nitrogen functional groups attached to an aromatic ring is 1. The Labute approximate surface area is 115 Å². The summed E-state index contributed by atoms with van der Waals surface area (Å²) in [6.07, 6.45) is 4.71. The van der Waals surface area contributed by atoms with Crippen LogP contribution in [0.1, 0.15) is 19.7 Å². The first kappa shape index (κ1) is 12.5. The van der Waals surface area contributed by atoms with E-state index in [1.54, 1.807) is 12.7 Å². The number of hydrogen-bond donors (Lipinski definition) is 1. The lowest BCUT2D eigenvalue weighted by Gasteiger charge is -2.09. The van der Waals surface area contributed by atoms with Gasteiger partial charge in [-0.05, 0) is 5.92 Å². The molecule has 3 aromatic rings. The summed E-state index contributed by atoms with van der Waals surface area (Å²) in [4.78, 5) is 16.7. The van der Waals surface area contributed by atoms with Crippen LogP contribution in [0, 0.1) is 5.92 Å². The lowest BCUT2D eigenvalue weighted by molar-refractivity contribution is 0.461. The number of anilines is 1. The van der Waals surface area contributed by atoms with Crippen molar-refractivity contribution in [2.24, 2.45) is 5.92 Å². The van der Waals surface area contributed by atoms with E-state index in [2.05, 4.69) is 38.9 Å². The minimum Gasteiger partial charge on any atom is -0.382 e. The SMILES string of the molecule is CC(C)Cn1ncnc1Cn1cnc2c(N)ncnc21. The molecule has 3 aromatic heterocycles. The summed E-state index contributed by atoms with van der Waals surface area (Å²) >= 11 is 0. The second kappa shape index (κ2) is 4.87. The smallest absolute Gasteiger partial charge is 0.165 e. The summed E-state index contributed by atoms with van der Waals surface area (Å²) in [7, 11) is 0. The molecular weight excluding hydrogens is 256 g/mol. The van der Waals surface area contributed by atoms with E-state index < -0.39 is 0 Å². The standard InChI is InChI=1S/C12H16N8/c1-8(2)3-20-9(14-6-18-20)4-19-7-17-10-11(13)15-5-16-12(10)19/h5-8H,3-4H2,1-2H3,(H2,13,15,16). The molecule has 0 atom stereocenters. The van der Waals surface area contributed by atoms with Crippen LogP contribution in [0.25, 0.3) is 11.2 Å². The van der Waals surface area contributed by atoms with E-state index in [9.17, 15) is 0 Å². The Balaban J connectivity index is 1.94. The maximum Gasteiger partial charge on any atom is 0.165 e. The van der Waals surface area contributed by atoms with Gasteiger partial charge in [0, 0.05) is 6.54 Å². The predicted molar refractivity (Wildman–Crippen MR) is 73.7 cm³/mol. The van der Waals surface area contributed by atoms with Gasteiger partial charge in [-0.2, -0.15) is 5.10 Å². The van der Waals surface area contributed by atoms with Crippen LogP contribution < -0.4 is 5.73 Å². The zero-order valence-electron chi connectivity index (χ0n) is 11.4. The van der Waals surface area contributed by atoms with Crippen LogP contribution in [0.2, 0.25) is 0 Å². The van der Waals surface area contributed by atoms with Crippen LogP contribution in [-0.4, -0.2) is 34.3 Å². The Hall–Kier alpha value is -2.51. The third-order valence-electron chi connectivity index (χ3n) is 2.98. The normalized spacial score (nSPS) is 11.6. The van der Waals surface area contributed by atoms with Crippen LogP contribution in [0.5, 0.6) is 0 Å². The van der Waals surface area contributed by atoms with Crippen molar-refractivity contribution >= 4 is 17.0 Å². The first-order valence-corrected chi connectivity index (χ1v) is 6.43.